The van der Waals surface area contributed by atoms with Crippen LogP contribution in [0.3, 0.4) is 0 Å². The third-order valence-electron chi connectivity index (χ3n) is 2.35. The van der Waals surface area contributed by atoms with Crippen molar-refractivity contribution < 1.29 is 24.4 Å². The number of nitro groups is 1. The molecule has 2 amide bonds. The van der Waals surface area contributed by atoms with Gasteiger partial charge in [0.15, 0.2) is 0 Å². The number of carboxylic acid groups (broad SMARTS) is 1. The van der Waals surface area contributed by atoms with E-state index in [0.29, 0.717) is 4.90 Å². The number of hydrogen-bond acceptors (Lipinski definition) is 5. The maximum atomic E-state index is 12.1. The number of carbonyl (C=O) groups excluding carboxylic acids is 2. The van der Waals surface area contributed by atoms with Crippen LogP contribution in [-0.4, -0.2) is 45.8 Å². The molecular formula is C11H10ClN3O6. The number of benzene rings is 1. The van der Waals surface area contributed by atoms with Crippen LogP contribution in [0.4, 0.5) is 5.69 Å². The second-order valence-electron chi connectivity index (χ2n) is 3.94. The fourth-order valence-electron chi connectivity index (χ4n) is 1.52. The molecule has 0 aliphatic rings. The van der Waals surface area contributed by atoms with Crippen molar-refractivity contribution in [3.05, 3.63) is 38.9 Å². The molecule has 0 heterocycles. The molecule has 1 aromatic carbocycles. The predicted octanol–water partition coefficient (Wildman–Crippen LogP) is 0.260. The van der Waals surface area contributed by atoms with Crippen molar-refractivity contribution >= 4 is 35.1 Å². The first-order valence-corrected chi connectivity index (χ1v) is 5.83. The highest BCUT2D eigenvalue weighted by atomic mass is 35.5. The molecule has 0 fully saturated rings. The second kappa shape index (κ2) is 6.66. The van der Waals surface area contributed by atoms with Gasteiger partial charge in [-0.2, -0.15) is 0 Å². The van der Waals surface area contributed by atoms with Crippen LogP contribution in [0, 0.1) is 10.1 Å². The molecule has 9 nitrogen and oxygen atoms in total. The maximum Gasteiger partial charge on any atom is 0.323 e. The molecule has 0 saturated carbocycles. The van der Waals surface area contributed by atoms with Crippen LogP contribution in [0.1, 0.15) is 10.4 Å². The number of nitrogens with two attached hydrogens (primary N) is 1. The molecule has 0 atom stereocenters. The lowest BCUT2D eigenvalue weighted by Crippen LogP contribution is -2.41. The van der Waals surface area contributed by atoms with Crippen molar-refractivity contribution in [3.63, 3.8) is 0 Å². The van der Waals surface area contributed by atoms with E-state index >= 15 is 0 Å². The van der Waals surface area contributed by atoms with Gasteiger partial charge < -0.3 is 15.7 Å². The number of hydrogen-bond donors (Lipinski definition) is 2. The summed E-state index contributed by atoms with van der Waals surface area (Å²) >= 11 is 5.61. The Morgan fingerprint density at radius 1 is 1.33 bits per heavy atom. The lowest BCUT2D eigenvalue weighted by Gasteiger charge is -2.18. The van der Waals surface area contributed by atoms with Gasteiger partial charge in [-0.05, 0) is 12.1 Å². The summed E-state index contributed by atoms with van der Waals surface area (Å²) in [5.41, 5.74) is 4.26. The first kappa shape index (κ1) is 16.4. The van der Waals surface area contributed by atoms with Crippen LogP contribution in [0.5, 0.6) is 0 Å². The molecule has 0 aliphatic carbocycles. The van der Waals surface area contributed by atoms with Gasteiger partial charge in [0.05, 0.1) is 4.92 Å². The fraction of sp³-hybridized carbons (Fsp3) is 0.182. The number of carboxylic acids is 1. The van der Waals surface area contributed by atoms with E-state index in [1.54, 1.807) is 0 Å². The Morgan fingerprint density at radius 2 is 1.95 bits per heavy atom. The van der Waals surface area contributed by atoms with E-state index in [4.69, 9.17) is 22.4 Å². The topological polar surface area (TPSA) is 144 Å². The molecule has 21 heavy (non-hydrogen) atoms. The van der Waals surface area contributed by atoms with Crippen LogP contribution in [-0.2, 0) is 9.59 Å². The van der Waals surface area contributed by atoms with Gasteiger partial charge in [-0.15, -0.1) is 0 Å². The van der Waals surface area contributed by atoms with E-state index in [0.717, 1.165) is 12.1 Å². The van der Waals surface area contributed by atoms with E-state index in [1.165, 1.54) is 6.07 Å². The number of carbonyl (C=O) groups is 3. The summed E-state index contributed by atoms with van der Waals surface area (Å²) in [5.74, 6) is -3.14. The minimum absolute atomic E-state index is 0.170. The number of amides is 2. The zero-order valence-electron chi connectivity index (χ0n) is 10.5. The van der Waals surface area contributed by atoms with E-state index < -0.39 is 41.5 Å². The average molecular weight is 316 g/mol. The van der Waals surface area contributed by atoms with Gasteiger partial charge in [0.25, 0.3) is 11.6 Å². The summed E-state index contributed by atoms with van der Waals surface area (Å²) in [4.78, 5) is 44.3. The maximum absolute atomic E-state index is 12.1. The van der Waals surface area contributed by atoms with Gasteiger partial charge in [0, 0.05) is 11.6 Å². The molecule has 0 saturated heterocycles. The van der Waals surface area contributed by atoms with Crippen LogP contribution in [0.15, 0.2) is 18.2 Å². The minimum atomic E-state index is -1.35. The Kier molecular flexibility index (Phi) is 5.19. The molecule has 112 valence electrons. The summed E-state index contributed by atoms with van der Waals surface area (Å²) in [7, 11) is 0. The smallest absolute Gasteiger partial charge is 0.323 e. The monoisotopic (exact) mass is 315 g/mol. The van der Waals surface area contributed by atoms with E-state index in [9.17, 15) is 24.5 Å². The summed E-state index contributed by atoms with van der Waals surface area (Å²) < 4.78 is 0. The van der Waals surface area contributed by atoms with Crippen LogP contribution >= 0.6 is 11.6 Å². The van der Waals surface area contributed by atoms with Gasteiger partial charge in [-0.25, -0.2) is 0 Å². The van der Waals surface area contributed by atoms with Gasteiger partial charge in [0.2, 0.25) is 5.91 Å². The predicted molar refractivity (Wildman–Crippen MR) is 70.8 cm³/mol. The van der Waals surface area contributed by atoms with E-state index in [1.807, 2.05) is 0 Å². The number of halogens is 1. The van der Waals surface area contributed by atoms with Crippen LogP contribution < -0.4 is 5.73 Å². The van der Waals surface area contributed by atoms with Gasteiger partial charge >= 0.3 is 5.97 Å². The highest BCUT2D eigenvalue weighted by Gasteiger charge is 2.23. The van der Waals surface area contributed by atoms with Crippen molar-refractivity contribution in [1.82, 2.24) is 4.90 Å². The van der Waals surface area contributed by atoms with Crippen molar-refractivity contribution in [2.45, 2.75) is 0 Å². The highest BCUT2D eigenvalue weighted by Crippen LogP contribution is 2.25. The first-order chi connectivity index (χ1) is 9.72. The molecule has 0 aliphatic heterocycles. The van der Waals surface area contributed by atoms with E-state index in [-0.39, 0.29) is 10.6 Å². The zero-order chi connectivity index (χ0) is 16.2. The standard InChI is InChI=1S/C11H10ClN3O6/c12-7-2-1-6(3-8(7)15(20)21)11(19)14(4-9(13)16)5-10(17)18/h1-3H,4-5H2,(H2,13,16)(H,17,18). The molecule has 10 heteroatoms. The molecular weight excluding hydrogens is 306 g/mol. The molecule has 0 bridgehead atoms. The summed E-state index contributed by atoms with van der Waals surface area (Å²) in [6.45, 7) is -1.39. The Morgan fingerprint density at radius 3 is 2.43 bits per heavy atom. The van der Waals surface area contributed by atoms with Crippen LogP contribution in [0.25, 0.3) is 0 Å². The third-order valence-corrected chi connectivity index (χ3v) is 2.67. The summed E-state index contributed by atoms with van der Waals surface area (Å²) in [6, 6.07) is 3.23. The number of rotatable bonds is 6. The Bertz CT molecular complexity index is 602. The Labute approximate surface area is 123 Å². The average Bonchev–Trinajstić information content (AvgIpc) is 2.36. The van der Waals surface area contributed by atoms with Crippen molar-refractivity contribution in [3.8, 4) is 0 Å². The molecule has 0 radical (unpaired) electrons. The SMILES string of the molecule is NC(=O)CN(CC(=O)O)C(=O)c1ccc(Cl)c([N+](=O)[O-])c1. The minimum Gasteiger partial charge on any atom is -0.480 e. The largest absolute Gasteiger partial charge is 0.480 e. The fourth-order valence-corrected chi connectivity index (χ4v) is 1.71. The van der Waals surface area contributed by atoms with Crippen LogP contribution in [0.2, 0.25) is 5.02 Å². The molecule has 0 spiro atoms. The first-order valence-electron chi connectivity index (χ1n) is 5.45. The molecule has 0 unspecified atom stereocenters. The Hall–Kier alpha value is -2.68. The molecule has 3 N–H and O–H groups in total. The zero-order valence-corrected chi connectivity index (χ0v) is 11.2. The summed E-state index contributed by atoms with van der Waals surface area (Å²) in [5, 5.41) is 19.3. The number of nitro benzene ring substituents is 1. The number of nitrogens with zero attached hydrogens (tertiary/aromatic N) is 2. The Balaban J connectivity index is 3.13. The van der Waals surface area contributed by atoms with Gasteiger partial charge in [0.1, 0.15) is 18.1 Å². The number of primary amides is 1. The number of aliphatic carboxylic acids is 1. The lowest BCUT2D eigenvalue weighted by atomic mass is 10.1. The molecule has 1 aromatic rings. The third kappa shape index (κ3) is 4.42. The van der Waals surface area contributed by atoms with Gasteiger partial charge in [-0.1, -0.05) is 11.6 Å². The van der Waals surface area contributed by atoms with Crippen molar-refractivity contribution in [1.29, 1.82) is 0 Å². The quantitative estimate of drug-likeness (QED) is 0.569. The van der Waals surface area contributed by atoms with E-state index in [2.05, 4.69) is 0 Å². The molecule has 1 rings (SSSR count). The second-order valence-corrected chi connectivity index (χ2v) is 4.35. The lowest BCUT2D eigenvalue weighted by molar-refractivity contribution is -0.384. The summed E-state index contributed by atoms with van der Waals surface area (Å²) in [6.07, 6.45) is 0. The molecule has 0 aromatic heterocycles. The normalized spacial score (nSPS) is 9.95. The van der Waals surface area contributed by atoms with Crippen molar-refractivity contribution in [2.24, 2.45) is 5.73 Å². The highest BCUT2D eigenvalue weighted by molar-refractivity contribution is 6.32. The van der Waals surface area contributed by atoms with Crippen molar-refractivity contribution in [2.75, 3.05) is 13.1 Å². The van der Waals surface area contributed by atoms with Gasteiger partial charge in [-0.3, -0.25) is 24.5 Å².